The highest BCUT2D eigenvalue weighted by atomic mass is 19.2. The number of amides is 1. The SMILES string of the molecule is O=C(NCC(O)CO)c1cc(F)c(F)c(F)c1F. The summed E-state index contributed by atoms with van der Waals surface area (Å²) in [5, 5.41) is 19.3. The monoisotopic (exact) mass is 267 g/mol. The van der Waals surface area contributed by atoms with Crippen molar-refractivity contribution in [2.45, 2.75) is 6.10 Å². The highest BCUT2D eigenvalue weighted by molar-refractivity contribution is 5.94. The van der Waals surface area contributed by atoms with E-state index in [9.17, 15) is 22.4 Å². The Hall–Kier alpha value is -1.67. The molecule has 1 atom stereocenters. The summed E-state index contributed by atoms with van der Waals surface area (Å²) in [5.41, 5.74) is -1.03. The Bertz CT molecular complexity index is 467. The molecule has 1 aromatic rings. The van der Waals surface area contributed by atoms with Crippen LogP contribution in [0.15, 0.2) is 6.07 Å². The van der Waals surface area contributed by atoms with Gasteiger partial charge in [0.15, 0.2) is 23.3 Å². The lowest BCUT2D eigenvalue weighted by molar-refractivity contribution is 0.0798. The van der Waals surface area contributed by atoms with Crippen molar-refractivity contribution in [3.63, 3.8) is 0 Å². The lowest BCUT2D eigenvalue weighted by Crippen LogP contribution is -2.34. The number of carbonyl (C=O) groups excluding carboxylic acids is 1. The van der Waals surface area contributed by atoms with Crippen LogP contribution in [0.4, 0.5) is 17.6 Å². The van der Waals surface area contributed by atoms with Crippen molar-refractivity contribution in [3.05, 3.63) is 34.9 Å². The molecule has 18 heavy (non-hydrogen) atoms. The Morgan fingerprint density at radius 3 is 2.39 bits per heavy atom. The Balaban J connectivity index is 2.93. The van der Waals surface area contributed by atoms with Gasteiger partial charge in [0.25, 0.3) is 5.91 Å². The smallest absolute Gasteiger partial charge is 0.254 e. The molecule has 1 rings (SSSR count). The molecule has 1 unspecified atom stereocenters. The molecule has 0 aliphatic heterocycles. The van der Waals surface area contributed by atoms with Crippen LogP contribution in [0.1, 0.15) is 10.4 Å². The number of carbonyl (C=O) groups is 1. The van der Waals surface area contributed by atoms with Crippen LogP contribution in [0.3, 0.4) is 0 Å². The van der Waals surface area contributed by atoms with E-state index in [0.717, 1.165) is 0 Å². The number of nitrogens with one attached hydrogen (secondary N) is 1. The van der Waals surface area contributed by atoms with E-state index in [2.05, 4.69) is 0 Å². The second kappa shape index (κ2) is 5.78. The molecule has 0 heterocycles. The molecule has 0 saturated heterocycles. The minimum Gasteiger partial charge on any atom is -0.394 e. The Labute approximate surface area is 98.9 Å². The first-order valence-corrected chi connectivity index (χ1v) is 4.78. The van der Waals surface area contributed by atoms with Gasteiger partial charge >= 0.3 is 0 Å². The average Bonchev–Trinajstić information content (AvgIpc) is 2.37. The van der Waals surface area contributed by atoms with Gasteiger partial charge in [-0.1, -0.05) is 0 Å². The standard InChI is InChI=1S/C10H9F4NO3/c11-6-1-5(7(12)9(14)8(6)13)10(18)15-2-4(17)3-16/h1,4,16-17H,2-3H2,(H,15,18). The zero-order valence-corrected chi connectivity index (χ0v) is 8.88. The van der Waals surface area contributed by atoms with Crippen LogP contribution in [0.2, 0.25) is 0 Å². The predicted molar refractivity (Wildman–Crippen MR) is 51.7 cm³/mol. The minimum absolute atomic E-state index is 0.203. The quantitative estimate of drug-likeness (QED) is 0.418. The molecule has 3 N–H and O–H groups in total. The van der Waals surface area contributed by atoms with E-state index >= 15 is 0 Å². The first-order valence-electron chi connectivity index (χ1n) is 4.78. The summed E-state index contributed by atoms with van der Waals surface area (Å²) in [7, 11) is 0. The van der Waals surface area contributed by atoms with E-state index in [4.69, 9.17) is 10.2 Å². The summed E-state index contributed by atoms with van der Waals surface area (Å²) in [6.07, 6.45) is -1.30. The van der Waals surface area contributed by atoms with Gasteiger partial charge in [0, 0.05) is 6.54 Å². The predicted octanol–water partition coefficient (Wildman–Crippen LogP) is 0.326. The van der Waals surface area contributed by atoms with Crippen LogP contribution < -0.4 is 5.32 Å². The van der Waals surface area contributed by atoms with E-state index in [1.165, 1.54) is 0 Å². The number of rotatable bonds is 4. The van der Waals surface area contributed by atoms with E-state index in [1.807, 2.05) is 5.32 Å². The van der Waals surface area contributed by atoms with Crippen molar-refractivity contribution in [2.75, 3.05) is 13.2 Å². The largest absolute Gasteiger partial charge is 0.394 e. The topological polar surface area (TPSA) is 69.6 Å². The fourth-order valence-electron chi connectivity index (χ4n) is 1.11. The summed E-state index contributed by atoms with van der Waals surface area (Å²) >= 11 is 0. The molecule has 8 heteroatoms. The number of benzene rings is 1. The first-order chi connectivity index (χ1) is 8.38. The summed E-state index contributed by atoms with van der Waals surface area (Å²) < 4.78 is 51.4. The summed E-state index contributed by atoms with van der Waals surface area (Å²) in [6.45, 7) is -1.11. The van der Waals surface area contributed by atoms with Gasteiger partial charge in [-0.25, -0.2) is 17.6 Å². The summed E-state index contributed by atoms with van der Waals surface area (Å²) in [4.78, 5) is 11.3. The highest BCUT2D eigenvalue weighted by Crippen LogP contribution is 2.18. The van der Waals surface area contributed by atoms with Gasteiger partial charge in [0.1, 0.15) is 0 Å². The van der Waals surface area contributed by atoms with Gasteiger partial charge in [0.05, 0.1) is 18.3 Å². The van der Waals surface area contributed by atoms with Gasteiger partial charge < -0.3 is 15.5 Å². The fraction of sp³-hybridized carbons (Fsp3) is 0.300. The Morgan fingerprint density at radius 1 is 1.22 bits per heavy atom. The van der Waals surface area contributed by atoms with Crippen molar-refractivity contribution in [1.82, 2.24) is 5.32 Å². The molecule has 1 amide bonds. The molecule has 0 aromatic heterocycles. The molecule has 1 aromatic carbocycles. The van der Waals surface area contributed by atoms with Crippen LogP contribution in [-0.2, 0) is 0 Å². The van der Waals surface area contributed by atoms with Crippen molar-refractivity contribution in [3.8, 4) is 0 Å². The molecule has 0 aliphatic rings. The van der Waals surface area contributed by atoms with Crippen LogP contribution in [0.5, 0.6) is 0 Å². The number of hydrogen-bond donors (Lipinski definition) is 3. The molecule has 0 spiro atoms. The van der Waals surface area contributed by atoms with Gasteiger partial charge in [-0.2, -0.15) is 0 Å². The van der Waals surface area contributed by atoms with E-state index in [1.54, 1.807) is 0 Å². The lowest BCUT2D eigenvalue weighted by atomic mass is 10.1. The number of aliphatic hydroxyl groups excluding tert-OH is 2. The van der Waals surface area contributed by atoms with E-state index in [0.29, 0.717) is 0 Å². The maximum Gasteiger partial charge on any atom is 0.254 e. The molecule has 4 nitrogen and oxygen atoms in total. The Kier molecular flexibility index (Phi) is 4.62. The van der Waals surface area contributed by atoms with Gasteiger partial charge in [0.2, 0.25) is 0 Å². The number of halogens is 4. The third-order valence-corrected chi connectivity index (χ3v) is 2.06. The maximum absolute atomic E-state index is 13.1. The van der Waals surface area contributed by atoms with Crippen molar-refractivity contribution < 1.29 is 32.6 Å². The highest BCUT2D eigenvalue weighted by Gasteiger charge is 2.23. The zero-order chi connectivity index (χ0) is 13.9. The molecule has 0 radical (unpaired) electrons. The van der Waals surface area contributed by atoms with Crippen molar-refractivity contribution in [1.29, 1.82) is 0 Å². The lowest BCUT2D eigenvalue weighted by Gasteiger charge is -2.10. The van der Waals surface area contributed by atoms with Crippen LogP contribution in [-0.4, -0.2) is 35.4 Å². The van der Waals surface area contributed by atoms with Gasteiger partial charge in [-0.3, -0.25) is 4.79 Å². The van der Waals surface area contributed by atoms with Crippen molar-refractivity contribution in [2.24, 2.45) is 0 Å². The maximum atomic E-state index is 13.1. The minimum atomic E-state index is -2.09. The van der Waals surface area contributed by atoms with Gasteiger partial charge in [-0.05, 0) is 6.07 Å². The molecule has 100 valence electrons. The second-order valence-corrected chi connectivity index (χ2v) is 3.39. The van der Waals surface area contributed by atoms with Crippen LogP contribution in [0.25, 0.3) is 0 Å². The summed E-state index contributed by atoms with van der Waals surface area (Å²) in [5.74, 6) is -8.88. The molecule has 0 fully saturated rings. The first kappa shape index (κ1) is 14.4. The second-order valence-electron chi connectivity index (χ2n) is 3.39. The molecule has 0 saturated carbocycles. The molecule has 0 aliphatic carbocycles. The van der Waals surface area contributed by atoms with Gasteiger partial charge in [-0.15, -0.1) is 0 Å². The average molecular weight is 267 g/mol. The number of aliphatic hydroxyl groups is 2. The zero-order valence-electron chi connectivity index (χ0n) is 8.88. The van der Waals surface area contributed by atoms with Crippen molar-refractivity contribution >= 4 is 5.91 Å². The summed E-state index contributed by atoms with van der Waals surface area (Å²) in [6, 6.07) is 0.203. The van der Waals surface area contributed by atoms with Crippen LogP contribution in [0, 0.1) is 23.3 Å². The molecular formula is C10H9F4NO3. The fourth-order valence-corrected chi connectivity index (χ4v) is 1.11. The number of hydrogen-bond acceptors (Lipinski definition) is 3. The molecular weight excluding hydrogens is 258 g/mol. The normalized spacial score (nSPS) is 12.3. The third kappa shape index (κ3) is 2.96. The van der Waals surface area contributed by atoms with E-state index in [-0.39, 0.29) is 6.07 Å². The Morgan fingerprint density at radius 2 is 1.83 bits per heavy atom. The third-order valence-electron chi connectivity index (χ3n) is 2.06. The molecule has 0 bridgehead atoms. The van der Waals surface area contributed by atoms with Crippen LogP contribution >= 0.6 is 0 Å². The van der Waals surface area contributed by atoms with E-state index < -0.39 is 54.0 Å².